The van der Waals surface area contributed by atoms with Gasteiger partial charge in [-0.1, -0.05) is 11.3 Å². The molecular weight excluding hydrogens is 355 g/mol. The minimum Gasteiger partial charge on any atom is -0.352 e. The molecule has 26 heavy (non-hydrogen) atoms. The molecule has 0 radical (unpaired) electrons. The van der Waals surface area contributed by atoms with E-state index < -0.39 is 0 Å². The first-order valence-electron chi connectivity index (χ1n) is 8.26. The van der Waals surface area contributed by atoms with Gasteiger partial charge in [0.05, 0.1) is 15.9 Å². The highest BCUT2D eigenvalue weighted by atomic mass is 32.1. The summed E-state index contributed by atoms with van der Waals surface area (Å²) in [6.07, 6.45) is 0. The standard InChI is InChI=1S/C17H17FN6OS/c1-11-2-5-15(22-21-11)23-6-8-24(9-7-23)17(25)20-16-19-13-4-3-12(18)10-14(13)26-16/h2-5,10H,6-9H2,1H3,(H,19,20,25). The third-order valence-corrected chi connectivity index (χ3v) is 5.17. The Hall–Kier alpha value is -2.81. The van der Waals surface area contributed by atoms with Gasteiger partial charge < -0.3 is 9.80 Å². The molecule has 0 atom stereocenters. The Kier molecular flexibility index (Phi) is 4.37. The zero-order valence-corrected chi connectivity index (χ0v) is 15.0. The lowest BCUT2D eigenvalue weighted by Crippen LogP contribution is -2.50. The van der Waals surface area contributed by atoms with E-state index in [4.69, 9.17) is 0 Å². The monoisotopic (exact) mass is 372 g/mol. The lowest BCUT2D eigenvalue weighted by Gasteiger charge is -2.34. The second-order valence-electron chi connectivity index (χ2n) is 6.07. The highest BCUT2D eigenvalue weighted by Crippen LogP contribution is 2.26. The lowest BCUT2D eigenvalue weighted by atomic mass is 10.3. The molecule has 0 unspecified atom stereocenters. The van der Waals surface area contributed by atoms with Crippen LogP contribution in [0.25, 0.3) is 10.2 Å². The van der Waals surface area contributed by atoms with Crippen molar-refractivity contribution < 1.29 is 9.18 Å². The number of nitrogens with zero attached hydrogens (tertiary/aromatic N) is 5. The predicted octanol–water partition coefficient (Wildman–Crippen LogP) is 2.89. The molecule has 4 rings (SSSR count). The molecule has 1 aromatic carbocycles. The quantitative estimate of drug-likeness (QED) is 0.749. The molecule has 2 aromatic heterocycles. The highest BCUT2D eigenvalue weighted by Gasteiger charge is 2.22. The van der Waals surface area contributed by atoms with E-state index in [1.807, 2.05) is 19.1 Å². The molecule has 0 bridgehead atoms. The molecule has 0 spiro atoms. The van der Waals surface area contributed by atoms with Gasteiger partial charge in [0.1, 0.15) is 5.82 Å². The van der Waals surface area contributed by atoms with E-state index in [9.17, 15) is 9.18 Å². The van der Waals surface area contributed by atoms with Gasteiger partial charge >= 0.3 is 6.03 Å². The van der Waals surface area contributed by atoms with Gasteiger partial charge in [-0.15, -0.1) is 5.10 Å². The van der Waals surface area contributed by atoms with Crippen molar-refractivity contribution in [3.05, 3.63) is 41.8 Å². The van der Waals surface area contributed by atoms with E-state index in [0.717, 1.165) is 11.5 Å². The first-order chi connectivity index (χ1) is 12.6. The largest absolute Gasteiger partial charge is 0.352 e. The van der Waals surface area contributed by atoms with Crippen molar-refractivity contribution in [3.8, 4) is 0 Å². The minimum atomic E-state index is -0.311. The van der Waals surface area contributed by atoms with Crippen LogP contribution in [-0.2, 0) is 0 Å². The van der Waals surface area contributed by atoms with Gasteiger partial charge in [0.2, 0.25) is 0 Å². The Labute approximate surface area is 153 Å². The SMILES string of the molecule is Cc1ccc(N2CCN(C(=O)Nc3nc4ccc(F)cc4s3)CC2)nn1. The summed E-state index contributed by atoms with van der Waals surface area (Å²) in [5, 5.41) is 11.5. The number of urea groups is 1. The summed E-state index contributed by atoms with van der Waals surface area (Å²) in [7, 11) is 0. The smallest absolute Gasteiger partial charge is 0.323 e. The maximum Gasteiger partial charge on any atom is 0.323 e. The number of rotatable bonds is 2. The first kappa shape index (κ1) is 16.6. The Morgan fingerprint density at radius 1 is 1.15 bits per heavy atom. The average molecular weight is 372 g/mol. The Balaban J connectivity index is 1.37. The molecule has 2 amide bonds. The van der Waals surface area contributed by atoms with Gasteiger partial charge in [0.25, 0.3) is 0 Å². The van der Waals surface area contributed by atoms with Crippen LogP contribution >= 0.6 is 11.3 Å². The van der Waals surface area contributed by atoms with Crippen molar-refractivity contribution in [2.75, 3.05) is 36.4 Å². The molecule has 134 valence electrons. The number of carbonyl (C=O) groups excluding carboxylic acids is 1. The maximum atomic E-state index is 13.3. The van der Waals surface area contributed by atoms with Crippen molar-refractivity contribution in [3.63, 3.8) is 0 Å². The summed E-state index contributed by atoms with van der Waals surface area (Å²) in [6, 6.07) is 8.07. The fraction of sp³-hybridized carbons (Fsp3) is 0.294. The number of carbonyl (C=O) groups is 1. The lowest BCUT2D eigenvalue weighted by molar-refractivity contribution is 0.208. The third-order valence-electron chi connectivity index (χ3n) is 4.24. The first-order valence-corrected chi connectivity index (χ1v) is 9.07. The number of hydrogen-bond donors (Lipinski definition) is 1. The van der Waals surface area contributed by atoms with Crippen LogP contribution in [0.15, 0.2) is 30.3 Å². The molecule has 1 N–H and O–H groups in total. The van der Waals surface area contributed by atoms with E-state index in [-0.39, 0.29) is 11.8 Å². The summed E-state index contributed by atoms with van der Waals surface area (Å²) in [6.45, 7) is 4.45. The summed E-state index contributed by atoms with van der Waals surface area (Å²) < 4.78 is 14.0. The zero-order chi connectivity index (χ0) is 18.1. The van der Waals surface area contributed by atoms with E-state index in [0.29, 0.717) is 41.5 Å². The van der Waals surface area contributed by atoms with Crippen molar-refractivity contribution in [1.29, 1.82) is 0 Å². The number of halogens is 1. The van der Waals surface area contributed by atoms with E-state index in [1.165, 1.54) is 23.5 Å². The van der Waals surface area contributed by atoms with Crippen LogP contribution in [0.2, 0.25) is 0 Å². The number of aryl methyl sites for hydroxylation is 1. The maximum absolute atomic E-state index is 13.3. The van der Waals surface area contributed by atoms with Crippen LogP contribution < -0.4 is 10.2 Å². The predicted molar refractivity (Wildman–Crippen MR) is 99.2 cm³/mol. The van der Waals surface area contributed by atoms with Crippen LogP contribution in [0, 0.1) is 12.7 Å². The van der Waals surface area contributed by atoms with Gasteiger partial charge in [-0.3, -0.25) is 5.32 Å². The van der Waals surface area contributed by atoms with Gasteiger partial charge in [-0.05, 0) is 37.3 Å². The van der Waals surface area contributed by atoms with Crippen LogP contribution in [0.1, 0.15) is 5.69 Å². The Bertz CT molecular complexity index is 936. The number of fused-ring (bicyclic) bond motifs is 1. The molecule has 0 saturated carbocycles. The molecule has 1 aliphatic rings. The number of piperazine rings is 1. The molecular formula is C17H17FN6OS. The zero-order valence-electron chi connectivity index (χ0n) is 14.1. The molecule has 1 saturated heterocycles. The van der Waals surface area contributed by atoms with E-state index >= 15 is 0 Å². The van der Waals surface area contributed by atoms with E-state index in [1.54, 1.807) is 11.0 Å². The molecule has 3 heterocycles. The number of hydrogen-bond acceptors (Lipinski definition) is 6. The number of benzene rings is 1. The summed E-state index contributed by atoms with van der Waals surface area (Å²) in [5.41, 5.74) is 1.55. The normalized spacial score (nSPS) is 14.7. The van der Waals surface area contributed by atoms with Gasteiger partial charge in [-0.25, -0.2) is 14.2 Å². The van der Waals surface area contributed by atoms with Gasteiger partial charge in [-0.2, -0.15) is 5.10 Å². The molecule has 7 nitrogen and oxygen atoms in total. The average Bonchev–Trinajstić information content (AvgIpc) is 3.03. The second kappa shape index (κ2) is 6.83. The fourth-order valence-corrected chi connectivity index (χ4v) is 3.70. The number of amides is 2. The van der Waals surface area contributed by atoms with E-state index in [2.05, 4.69) is 25.4 Å². The third kappa shape index (κ3) is 3.43. The second-order valence-corrected chi connectivity index (χ2v) is 7.10. The summed E-state index contributed by atoms with van der Waals surface area (Å²) in [4.78, 5) is 20.6. The van der Waals surface area contributed by atoms with Crippen LogP contribution in [-0.4, -0.2) is 52.3 Å². The molecule has 9 heteroatoms. The van der Waals surface area contributed by atoms with Crippen LogP contribution in [0.3, 0.4) is 0 Å². The Morgan fingerprint density at radius 3 is 2.69 bits per heavy atom. The van der Waals surface area contributed by atoms with Crippen LogP contribution in [0.5, 0.6) is 0 Å². The summed E-state index contributed by atoms with van der Waals surface area (Å²) >= 11 is 1.26. The number of aromatic nitrogens is 3. The molecule has 0 aliphatic carbocycles. The number of nitrogens with one attached hydrogen (secondary N) is 1. The molecule has 1 aliphatic heterocycles. The highest BCUT2D eigenvalue weighted by molar-refractivity contribution is 7.22. The number of thiazole rings is 1. The fourth-order valence-electron chi connectivity index (χ4n) is 2.82. The van der Waals surface area contributed by atoms with Crippen molar-refractivity contribution >= 4 is 38.5 Å². The van der Waals surface area contributed by atoms with Crippen molar-refractivity contribution in [2.45, 2.75) is 6.92 Å². The van der Waals surface area contributed by atoms with Gasteiger partial charge in [0.15, 0.2) is 10.9 Å². The summed E-state index contributed by atoms with van der Waals surface area (Å²) in [5.74, 6) is 0.512. The van der Waals surface area contributed by atoms with Crippen LogP contribution in [0.4, 0.5) is 20.1 Å². The molecule has 1 fully saturated rings. The van der Waals surface area contributed by atoms with Gasteiger partial charge in [0, 0.05) is 26.2 Å². The minimum absolute atomic E-state index is 0.195. The molecule has 3 aromatic rings. The van der Waals surface area contributed by atoms with Crippen molar-refractivity contribution in [2.24, 2.45) is 0 Å². The topological polar surface area (TPSA) is 74.2 Å². The van der Waals surface area contributed by atoms with Crippen molar-refractivity contribution in [1.82, 2.24) is 20.1 Å². The number of anilines is 2. The Morgan fingerprint density at radius 2 is 1.96 bits per heavy atom.